The molecule has 0 saturated heterocycles. The molecule has 0 aliphatic rings. The third-order valence-electron chi connectivity index (χ3n) is 2.39. The topological polar surface area (TPSA) is 38.1 Å². The van der Waals surface area contributed by atoms with E-state index in [-0.39, 0.29) is 0 Å². The number of aryl methyl sites for hydroxylation is 1. The standard InChI is InChI=1S/C13H15BrN2OS/c1-3-15-7-10-4-5-11(6-12(10)14)18-13-16-9(2)8-17-13/h4-6,8,15H,3,7H2,1-2H3. The van der Waals surface area contributed by atoms with Crippen LogP contribution in [-0.4, -0.2) is 11.5 Å². The number of hydrogen-bond donors (Lipinski definition) is 1. The fourth-order valence-corrected chi connectivity index (χ4v) is 2.95. The molecule has 1 aromatic heterocycles. The Hall–Kier alpha value is -0.780. The Balaban J connectivity index is 2.08. The minimum Gasteiger partial charge on any atom is -0.439 e. The largest absolute Gasteiger partial charge is 0.439 e. The maximum absolute atomic E-state index is 5.33. The van der Waals surface area contributed by atoms with Crippen LogP contribution in [0.3, 0.4) is 0 Å². The summed E-state index contributed by atoms with van der Waals surface area (Å²) in [6.45, 7) is 5.87. The zero-order valence-corrected chi connectivity index (χ0v) is 12.8. The molecule has 0 bridgehead atoms. The van der Waals surface area contributed by atoms with Gasteiger partial charge >= 0.3 is 0 Å². The van der Waals surface area contributed by atoms with Crippen LogP contribution >= 0.6 is 27.7 Å². The molecule has 0 aliphatic heterocycles. The van der Waals surface area contributed by atoms with Gasteiger partial charge in [-0.05, 0) is 42.9 Å². The molecule has 0 radical (unpaired) electrons. The van der Waals surface area contributed by atoms with Crippen LogP contribution in [0.5, 0.6) is 0 Å². The highest BCUT2D eigenvalue weighted by Crippen LogP contribution is 2.30. The van der Waals surface area contributed by atoms with Crippen molar-refractivity contribution in [3.8, 4) is 0 Å². The van der Waals surface area contributed by atoms with E-state index in [2.05, 4.69) is 51.4 Å². The van der Waals surface area contributed by atoms with Crippen LogP contribution in [0.4, 0.5) is 0 Å². The van der Waals surface area contributed by atoms with Crippen molar-refractivity contribution >= 4 is 27.7 Å². The van der Waals surface area contributed by atoms with E-state index in [9.17, 15) is 0 Å². The second-order valence-corrected chi connectivity index (χ2v) is 5.77. The zero-order valence-electron chi connectivity index (χ0n) is 10.4. The summed E-state index contributed by atoms with van der Waals surface area (Å²) >= 11 is 5.12. The van der Waals surface area contributed by atoms with Crippen molar-refractivity contribution in [3.63, 3.8) is 0 Å². The highest BCUT2D eigenvalue weighted by molar-refractivity contribution is 9.10. The number of benzene rings is 1. The highest BCUT2D eigenvalue weighted by atomic mass is 79.9. The molecule has 2 rings (SSSR count). The third-order valence-corrected chi connectivity index (χ3v) is 3.98. The molecule has 18 heavy (non-hydrogen) atoms. The first-order chi connectivity index (χ1) is 8.69. The minimum atomic E-state index is 0.679. The average Bonchev–Trinajstić information content (AvgIpc) is 2.74. The summed E-state index contributed by atoms with van der Waals surface area (Å²) in [5, 5.41) is 3.99. The maximum Gasteiger partial charge on any atom is 0.260 e. The van der Waals surface area contributed by atoms with E-state index in [0.717, 1.165) is 28.2 Å². The Morgan fingerprint density at radius 2 is 2.28 bits per heavy atom. The second kappa shape index (κ2) is 6.41. The highest BCUT2D eigenvalue weighted by Gasteiger charge is 2.06. The number of oxazole rings is 1. The molecular formula is C13H15BrN2OS. The fraction of sp³-hybridized carbons (Fsp3) is 0.308. The fourth-order valence-electron chi connectivity index (χ4n) is 1.47. The number of nitrogens with one attached hydrogen (secondary N) is 1. The first-order valence-electron chi connectivity index (χ1n) is 5.78. The molecule has 0 spiro atoms. The van der Waals surface area contributed by atoms with Crippen LogP contribution in [0, 0.1) is 6.92 Å². The molecule has 0 amide bonds. The first-order valence-corrected chi connectivity index (χ1v) is 7.39. The van der Waals surface area contributed by atoms with Gasteiger partial charge in [0.2, 0.25) is 0 Å². The summed E-state index contributed by atoms with van der Waals surface area (Å²) in [6.07, 6.45) is 1.66. The van der Waals surface area contributed by atoms with Crippen molar-refractivity contribution < 1.29 is 4.42 Å². The smallest absolute Gasteiger partial charge is 0.260 e. The lowest BCUT2D eigenvalue weighted by atomic mass is 10.2. The first kappa shape index (κ1) is 13.6. The lowest BCUT2D eigenvalue weighted by Crippen LogP contribution is -2.11. The van der Waals surface area contributed by atoms with E-state index in [1.54, 1.807) is 6.26 Å². The number of hydrogen-bond acceptors (Lipinski definition) is 4. The van der Waals surface area contributed by atoms with Crippen molar-refractivity contribution in [2.75, 3.05) is 6.54 Å². The lowest BCUT2D eigenvalue weighted by Gasteiger charge is -2.06. The Labute approximate surface area is 120 Å². The molecule has 0 unspecified atom stereocenters. The molecule has 1 N–H and O–H groups in total. The van der Waals surface area contributed by atoms with E-state index in [4.69, 9.17) is 4.42 Å². The van der Waals surface area contributed by atoms with Gasteiger partial charge in [0, 0.05) is 15.9 Å². The van der Waals surface area contributed by atoms with E-state index in [0.29, 0.717) is 5.22 Å². The molecule has 2 aromatic rings. The van der Waals surface area contributed by atoms with Gasteiger partial charge in [-0.1, -0.05) is 28.9 Å². The summed E-state index contributed by atoms with van der Waals surface area (Å²) in [6, 6.07) is 6.30. The number of halogens is 1. The summed E-state index contributed by atoms with van der Waals surface area (Å²) in [4.78, 5) is 5.39. The second-order valence-electron chi connectivity index (χ2n) is 3.89. The summed E-state index contributed by atoms with van der Waals surface area (Å²) < 4.78 is 6.44. The molecule has 0 fully saturated rings. The van der Waals surface area contributed by atoms with Gasteiger partial charge in [-0.3, -0.25) is 0 Å². The molecule has 0 aliphatic carbocycles. The minimum absolute atomic E-state index is 0.679. The van der Waals surface area contributed by atoms with Gasteiger partial charge in [-0.25, -0.2) is 4.98 Å². The van der Waals surface area contributed by atoms with Crippen LogP contribution in [0.15, 0.2) is 43.5 Å². The summed E-state index contributed by atoms with van der Waals surface area (Å²) in [7, 11) is 0. The molecule has 5 heteroatoms. The SMILES string of the molecule is CCNCc1ccc(Sc2nc(C)co2)cc1Br. The van der Waals surface area contributed by atoms with Crippen LogP contribution in [0.2, 0.25) is 0 Å². The van der Waals surface area contributed by atoms with Gasteiger partial charge in [0.1, 0.15) is 6.26 Å². The molecule has 0 atom stereocenters. The van der Waals surface area contributed by atoms with Gasteiger partial charge in [0.15, 0.2) is 0 Å². The molecule has 1 aromatic carbocycles. The molecule has 1 heterocycles. The van der Waals surface area contributed by atoms with Crippen molar-refractivity contribution in [2.24, 2.45) is 0 Å². The van der Waals surface area contributed by atoms with E-state index < -0.39 is 0 Å². The van der Waals surface area contributed by atoms with Crippen molar-refractivity contribution in [2.45, 2.75) is 30.5 Å². The van der Waals surface area contributed by atoms with Crippen molar-refractivity contribution in [1.29, 1.82) is 0 Å². The van der Waals surface area contributed by atoms with Gasteiger partial charge in [0.05, 0.1) is 5.69 Å². The van der Waals surface area contributed by atoms with Gasteiger partial charge in [-0.15, -0.1) is 0 Å². The quantitative estimate of drug-likeness (QED) is 0.901. The molecule has 96 valence electrons. The average molecular weight is 327 g/mol. The summed E-state index contributed by atoms with van der Waals surface area (Å²) in [5.74, 6) is 0. The van der Waals surface area contributed by atoms with Gasteiger partial charge in [-0.2, -0.15) is 0 Å². The van der Waals surface area contributed by atoms with Crippen molar-refractivity contribution in [1.82, 2.24) is 10.3 Å². The van der Waals surface area contributed by atoms with Crippen LogP contribution in [0.1, 0.15) is 18.2 Å². The Morgan fingerprint density at radius 3 is 2.89 bits per heavy atom. The number of aromatic nitrogens is 1. The summed E-state index contributed by atoms with van der Waals surface area (Å²) in [5.41, 5.74) is 2.16. The Kier molecular flexibility index (Phi) is 4.86. The number of nitrogens with zero attached hydrogens (tertiary/aromatic N) is 1. The molecular weight excluding hydrogens is 312 g/mol. The third kappa shape index (κ3) is 3.60. The van der Waals surface area contributed by atoms with Crippen molar-refractivity contribution in [3.05, 3.63) is 40.2 Å². The van der Waals surface area contributed by atoms with Gasteiger partial charge < -0.3 is 9.73 Å². The van der Waals surface area contributed by atoms with E-state index >= 15 is 0 Å². The maximum atomic E-state index is 5.33. The van der Waals surface area contributed by atoms with Crippen LogP contribution in [-0.2, 0) is 6.54 Å². The molecule has 3 nitrogen and oxygen atoms in total. The van der Waals surface area contributed by atoms with Crippen LogP contribution in [0.25, 0.3) is 0 Å². The lowest BCUT2D eigenvalue weighted by molar-refractivity contribution is 0.454. The Morgan fingerprint density at radius 1 is 1.44 bits per heavy atom. The van der Waals surface area contributed by atoms with Crippen LogP contribution < -0.4 is 5.32 Å². The monoisotopic (exact) mass is 326 g/mol. The Bertz CT molecular complexity index is 527. The number of rotatable bonds is 5. The van der Waals surface area contributed by atoms with E-state index in [1.807, 2.05) is 6.92 Å². The van der Waals surface area contributed by atoms with Gasteiger partial charge in [0.25, 0.3) is 5.22 Å². The zero-order chi connectivity index (χ0) is 13.0. The molecule has 0 saturated carbocycles. The van der Waals surface area contributed by atoms with E-state index in [1.165, 1.54) is 17.3 Å². The normalized spacial score (nSPS) is 10.8. The predicted octanol–water partition coefficient (Wildman–Crippen LogP) is 4.01. The predicted molar refractivity (Wildman–Crippen MR) is 76.9 cm³/mol.